The molecule has 0 saturated carbocycles. The molecular weight excluding hydrogens is 146 g/mol. The van der Waals surface area contributed by atoms with Crippen LogP contribution >= 0.6 is 0 Å². The molecule has 0 aliphatic rings. The summed E-state index contributed by atoms with van der Waals surface area (Å²) in [7, 11) is 2.77. The molecule has 0 radical (unpaired) electrons. The van der Waals surface area contributed by atoms with E-state index in [2.05, 4.69) is 11.9 Å². The van der Waals surface area contributed by atoms with Crippen molar-refractivity contribution in [1.29, 1.82) is 0 Å². The molecule has 0 saturated heterocycles. The van der Waals surface area contributed by atoms with Gasteiger partial charge in [-0.05, 0) is 0 Å². The minimum Gasteiger partial charge on any atom is -0.335 e. The summed E-state index contributed by atoms with van der Waals surface area (Å²) in [5.74, 6) is -1.33. The zero-order chi connectivity index (χ0) is 8.74. The first-order chi connectivity index (χ1) is 5.24. The predicted molar refractivity (Wildman–Crippen MR) is 41.0 cm³/mol. The van der Waals surface area contributed by atoms with Gasteiger partial charge < -0.3 is 9.47 Å². The third-order valence-corrected chi connectivity index (χ3v) is 1.25. The third kappa shape index (κ3) is 2.80. The summed E-state index contributed by atoms with van der Waals surface area (Å²) in [5, 5.41) is 2.70. The average Bonchev–Trinajstić information content (AvgIpc) is 2.08. The molecule has 0 amide bonds. The molecule has 0 aliphatic carbocycles. The first-order valence-electron chi connectivity index (χ1n) is 3.17. The lowest BCUT2D eigenvalue weighted by Gasteiger charge is -2.24. The predicted octanol–water partition coefficient (Wildman–Crippen LogP) is -0.0925. The van der Waals surface area contributed by atoms with Crippen LogP contribution in [0.4, 0.5) is 0 Å². The van der Waals surface area contributed by atoms with Gasteiger partial charge in [0.05, 0.1) is 0 Å². The van der Waals surface area contributed by atoms with E-state index < -0.39 is 5.91 Å². The van der Waals surface area contributed by atoms with E-state index in [1.807, 2.05) is 0 Å². The van der Waals surface area contributed by atoms with E-state index in [9.17, 15) is 4.79 Å². The number of hydrogen-bond acceptors (Lipinski definition) is 4. The number of rotatable bonds is 6. The quantitative estimate of drug-likeness (QED) is 0.334. The Balaban J connectivity index is 4.04. The Labute approximate surface area is 66.2 Å². The van der Waals surface area contributed by atoms with Gasteiger partial charge >= 0.3 is 0 Å². The molecule has 0 unspecified atom stereocenters. The number of nitrogens with one attached hydrogen (secondary N) is 1. The molecule has 0 aromatic heterocycles. The average molecular weight is 159 g/mol. The molecule has 0 spiro atoms. The van der Waals surface area contributed by atoms with Crippen LogP contribution in [0.25, 0.3) is 0 Å². The van der Waals surface area contributed by atoms with Gasteiger partial charge in [-0.2, -0.15) is 0 Å². The fourth-order valence-electron chi connectivity index (χ4n) is 0.580. The van der Waals surface area contributed by atoms with E-state index in [1.54, 1.807) is 6.08 Å². The molecule has 0 aliphatic heterocycles. The summed E-state index contributed by atoms with van der Waals surface area (Å²) >= 11 is 0. The minimum absolute atomic E-state index is 0.445. The maximum atomic E-state index is 10.4. The van der Waals surface area contributed by atoms with Crippen molar-refractivity contribution in [2.75, 3.05) is 20.8 Å². The van der Waals surface area contributed by atoms with Crippen LogP contribution in [0.15, 0.2) is 12.7 Å². The van der Waals surface area contributed by atoms with Crippen LogP contribution in [0.1, 0.15) is 0 Å². The smallest absolute Gasteiger partial charge is 0.286 e. The second-order valence-electron chi connectivity index (χ2n) is 1.86. The van der Waals surface area contributed by atoms with Gasteiger partial charge in [0.15, 0.2) is 6.29 Å². The van der Waals surface area contributed by atoms with Gasteiger partial charge in [0.1, 0.15) is 0 Å². The molecule has 1 N–H and O–H groups in total. The van der Waals surface area contributed by atoms with Crippen molar-refractivity contribution >= 4 is 6.29 Å². The molecule has 0 rings (SSSR count). The van der Waals surface area contributed by atoms with Crippen LogP contribution in [0.2, 0.25) is 0 Å². The Morgan fingerprint density at radius 3 is 2.36 bits per heavy atom. The van der Waals surface area contributed by atoms with Gasteiger partial charge in [-0.15, -0.1) is 6.58 Å². The lowest BCUT2D eigenvalue weighted by Crippen LogP contribution is -2.50. The lowest BCUT2D eigenvalue weighted by molar-refractivity contribution is -0.209. The molecule has 0 bridgehead atoms. The summed E-state index contributed by atoms with van der Waals surface area (Å²) in [5.41, 5.74) is 0. The SMILES string of the molecule is C=CCNC(C=O)(OC)OC. The summed E-state index contributed by atoms with van der Waals surface area (Å²) in [6, 6.07) is 0. The summed E-state index contributed by atoms with van der Waals surface area (Å²) in [6.45, 7) is 3.92. The Hall–Kier alpha value is -0.710. The van der Waals surface area contributed by atoms with Gasteiger partial charge in [0.2, 0.25) is 0 Å². The topological polar surface area (TPSA) is 47.6 Å². The van der Waals surface area contributed by atoms with Crippen molar-refractivity contribution in [3.05, 3.63) is 12.7 Å². The Kier molecular flexibility index (Phi) is 4.69. The summed E-state index contributed by atoms with van der Waals surface area (Å²) < 4.78 is 9.58. The first kappa shape index (κ1) is 10.3. The van der Waals surface area contributed by atoms with Crippen LogP contribution in [-0.4, -0.2) is 33.0 Å². The zero-order valence-electron chi connectivity index (χ0n) is 6.79. The van der Waals surface area contributed by atoms with E-state index in [0.717, 1.165) is 0 Å². The van der Waals surface area contributed by atoms with Gasteiger partial charge in [-0.3, -0.25) is 10.1 Å². The maximum absolute atomic E-state index is 10.4. The van der Waals surface area contributed by atoms with Crippen molar-refractivity contribution in [3.63, 3.8) is 0 Å². The third-order valence-electron chi connectivity index (χ3n) is 1.25. The highest BCUT2D eigenvalue weighted by molar-refractivity contribution is 5.59. The standard InChI is InChI=1S/C7H13NO3/c1-4-5-8-7(6-9,10-2)11-3/h4,6,8H,1,5H2,2-3H3. The highest BCUT2D eigenvalue weighted by Crippen LogP contribution is 2.01. The monoisotopic (exact) mass is 159 g/mol. The highest BCUT2D eigenvalue weighted by Gasteiger charge is 2.27. The van der Waals surface area contributed by atoms with Crippen molar-refractivity contribution in [1.82, 2.24) is 5.32 Å². The highest BCUT2D eigenvalue weighted by atomic mass is 16.7. The number of methoxy groups -OCH3 is 2. The van der Waals surface area contributed by atoms with Crippen LogP contribution in [0.5, 0.6) is 0 Å². The van der Waals surface area contributed by atoms with Crippen LogP contribution in [0, 0.1) is 0 Å². The van der Waals surface area contributed by atoms with Crippen molar-refractivity contribution in [3.8, 4) is 0 Å². The van der Waals surface area contributed by atoms with Crippen molar-refractivity contribution in [2.45, 2.75) is 5.91 Å². The fourth-order valence-corrected chi connectivity index (χ4v) is 0.580. The molecule has 64 valence electrons. The fraction of sp³-hybridized carbons (Fsp3) is 0.571. The van der Waals surface area contributed by atoms with E-state index in [0.29, 0.717) is 12.8 Å². The van der Waals surface area contributed by atoms with E-state index in [-0.39, 0.29) is 0 Å². The molecular formula is C7H13NO3. The molecule has 0 fully saturated rings. The maximum Gasteiger partial charge on any atom is 0.286 e. The number of carbonyl (C=O) groups excluding carboxylic acids is 1. The number of carbonyl (C=O) groups is 1. The zero-order valence-corrected chi connectivity index (χ0v) is 6.79. The molecule has 0 atom stereocenters. The van der Waals surface area contributed by atoms with Gasteiger partial charge in [-0.25, -0.2) is 0 Å². The molecule has 4 heteroatoms. The van der Waals surface area contributed by atoms with Crippen LogP contribution in [0.3, 0.4) is 0 Å². The second-order valence-corrected chi connectivity index (χ2v) is 1.86. The number of hydrogen-bond donors (Lipinski definition) is 1. The van der Waals surface area contributed by atoms with Crippen molar-refractivity contribution < 1.29 is 14.3 Å². The number of ether oxygens (including phenoxy) is 2. The number of aldehydes is 1. The minimum atomic E-state index is -1.33. The molecule has 4 nitrogen and oxygen atoms in total. The van der Waals surface area contributed by atoms with E-state index in [1.165, 1.54) is 14.2 Å². The molecule has 0 aromatic carbocycles. The Morgan fingerprint density at radius 2 is 2.09 bits per heavy atom. The van der Waals surface area contributed by atoms with Crippen LogP contribution in [-0.2, 0) is 14.3 Å². The van der Waals surface area contributed by atoms with E-state index >= 15 is 0 Å². The van der Waals surface area contributed by atoms with Gasteiger partial charge in [0, 0.05) is 20.8 Å². The Morgan fingerprint density at radius 1 is 1.55 bits per heavy atom. The Bertz CT molecular complexity index is 132. The second kappa shape index (κ2) is 5.01. The summed E-state index contributed by atoms with van der Waals surface area (Å²) in [4.78, 5) is 10.4. The van der Waals surface area contributed by atoms with Crippen LogP contribution < -0.4 is 5.32 Å². The normalized spacial score (nSPS) is 11.1. The molecule has 0 aromatic rings. The lowest BCUT2D eigenvalue weighted by atomic mass is 10.5. The van der Waals surface area contributed by atoms with E-state index in [4.69, 9.17) is 9.47 Å². The first-order valence-corrected chi connectivity index (χ1v) is 3.17. The largest absolute Gasteiger partial charge is 0.335 e. The van der Waals surface area contributed by atoms with Gasteiger partial charge in [0.25, 0.3) is 5.91 Å². The van der Waals surface area contributed by atoms with Crippen molar-refractivity contribution in [2.24, 2.45) is 0 Å². The molecule has 11 heavy (non-hydrogen) atoms. The summed E-state index contributed by atoms with van der Waals surface area (Å²) in [6.07, 6.45) is 2.16. The molecule has 0 heterocycles. The van der Waals surface area contributed by atoms with Gasteiger partial charge in [-0.1, -0.05) is 6.08 Å².